The number of hydrogen-bond acceptors (Lipinski definition) is 5. The van der Waals surface area contributed by atoms with Gasteiger partial charge in [-0.25, -0.2) is 12.7 Å². The summed E-state index contributed by atoms with van der Waals surface area (Å²) in [6.45, 7) is 5.60. The molecule has 148 valence electrons. The quantitative estimate of drug-likeness (QED) is 0.670. The molecule has 2 rings (SSSR count). The number of sulfonamides is 1. The topological polar surface area (TPSA) is 113 Å². The Kier molecular flexibility index (Phi) is 6.25. The van der Waals surface area contributed by atoms with Crippen LogP contribution in [0.15, 0.2) is 24.3 Å². The lowest BCUT2D eigenvalue weighted by Crippen LogP contribution is -2.33. The first-order valence-electron chi connectivity index (χ1n) is 8.75. The van der Waals surface area contributed by atoms with E-state index >= 15 is 0 Å². The minimum absolute atomic E-state index is 0.0922. The number of carbonyl (C=O) groups excluding carboxylic acids is 3. The van der Waals surface area contributed by atoms with Crippen LogP contribution in [0.1, 0.15) is 44.0 Å². The van der Waals surface area contributed by atoms with Gasteiger partial charge in [-0.1, -0.05) is 6.07 Å². The number of benzene rings is 1. The van der Waals surface area contributed by atoms with Gasteiger partial charge in [-0.3, -0.25) is 14.4 Å². The van der Waals surface area contributed by atoms with Crippen LogP contribution < -0.4 is 14.9 Å². The molecule has 0 atom stereocenters. The molecule has 1 aromatic carbocycles. The first kappa shape index (κ1) is 20.9. The van der Waals surface area contributed by atoms with Gasteiger partial charge in [0.2, 0.25) is 21.8 Å². The predicted molar refractivity (Wildman–Crippen MR) is 102 cm³/mol. The third-order valence-electron chi connectivity index (χ3n) is 4.19. The van der Waals surface area contributed by atoms with Crippen LogP contribution in [0.25, 0.3) is 0 Å². The Morgan fingerprint density at radius 3 is 2.33 bits per heavy atom. The molecule has 0 aromatic heterocycles. The van der Waals surface area contributed by atoms with E-state index in [9.17, 15) is 22.8 Å². The number of amides is 3. The number of rotatable bonds is 7. The van der Waals surface area contributed by atoms with E-state index in [2.05, 4.69) is 10.6 Å². The van der Waals surface area contributed by atoms with Gasteiger partial charge in [0.25, 0.3) is 5.91 Å². The fourth-order valence-corrected chi connectivity index (χ4v) is 4.95. The molecule has 9 heteroatoms. The van der Waals surface area contributed by atoms with Gasteiger partial charge < -0.3 is 10.6 Å². The molecular weight excluding hydrogens is 370 g/mol. The summed E-state index contributed by atoms with van der Waals surface area (Å²) in [7, 11) is -3.76. The summed E-state index contributed by atoms with van der Waals surface area (Å²) in [5.74, 6) is -1.20. The minimum Gasteiger partial charge on any atom is -0.356 e. The van der Waals surface area contributed by atoms with Crippen LogP contribution in [0.5, 0.6) is 0 Å². The highest BCUT2D eigenvalue weighted by Gasteiger charge is 2.49. The summed E-state index contributed by atoms with van der Waals surface area (Å²) < 4.78 is 25.5. The molecule has 1 saturated heterocycles. The van der Waals surface area contributed by atoms with E-state index in [1.54, 1.807) is 26.0 Å². The Hall–Kier alpha value is -2.42. The Labute approximate surface area is 159 Å². The molecule has 0 saturated carbocycles. The van der Waals surface area contributed by atoms with Crippen molar-refractivity contribution in [1.29, 1.82) is 0 Å². The second kappa shape index (κ2) is 8.08. The third-order valence-corrected chi connectivity index (χ3v) is 6.21. The number of nitrogens with zero attached hydrogens (tertiary/aromatic N) is 1. The highest BCUT2D eigenvalue weighted by atomic mass is 32.2. The first-order chi connectivity index (χ1) is 12.5. The largest absolute Gasteiger partial charge is 0.356 e. The van der Waals surface area contributed by atoms with Crippen LogP contribution in [-0.2, 0) is 19.6 Å². The van der Waals surface area contributed by atoms with Crippen molar-refractivity contribution in [3.8, 4) is 0 Å². The van der Waals surface area contributed by atoms with E-state index in [0.29, 0.717) is 19.5 Å². The zero-order valence-corrected chi connectivity index (χ0v) is 16.6. The summed E-state index contributed by atoms with van der Waals surface area (Å²) in [6.07, 6.45) is 1.42. The Morgan fingerprint density at radius 2 is 1.78 bits per heavy atom. The van der Waals surface area contributed by atoms with Crippen molar-refractivity contribution in [2.24, 2.45) is 5.41 Å². The van der Waals surface area contributed by atoms with Crippen molar-refractivity contribution in [2.75, 3.05) is 23.1 Å². The molecule has 0 unspecified atom stereocenters. The van der Waals surface area contributed by atoms with Crippen LogP contribution in [-0.4, -0.2) is 45.0 Å². The Balaban J connectivity index is 2.02. The highest BCUT2D eigenvalue weighted by molar-refractivity contribution is 7.94. The van der Waals surface area contributed by atoms with Crippen LogP contribution in [0.2, 0.25) is 0 Å². The lowest BCUT2D eigenvalue weighted by Gasteiger charge is -2.18. The molecule has 8 nitrogen and oxygen atoms in total. The van der Waals surface area contributed by atoms with Gasteiger partial charge in [0.05, 0.1) is 16.9 Å². The zero-order valence-electron chi connectivity index (χ0n) is 15.7. The molecule has 0 aliphatic carbocycles. The van der Waals surface area contributed by atoms with Crippen molar-refractivity contribution in [2.45, 2.75) is 33.6 Å². The number of carbonyl (C=O) groups is 3. The van der Waals surface area contributed by atoms with Crippen molar-refractivity contribution in [3.63, 3.8) is 0 Å². The normalized spacial score (nSPS) is 17.6. The molecule has 3 amide bonds. The first-order valence-corrected chi connectivity index (χ1v) is 10.4. The van der Waals surface area contributed by atoms with Crippen molar-refractivity contribution in [3.05, 3.63) is 29.8 Å². The lowest BCUT2D eigenvalue weighted by atomic mass is 9.95. The molecule has 0 bridgehead atoms. The van der Waals surface area contributed by atoms with E-state index in [0.717, 1.165) is 10.7 Å². The number of unbranched alkanes of at least 4 members (excludes halogenated alkanes) is 1. The maximum atomic E-state index is 12.5. The second-order valence-electron chi connectivity index (χ2n) is 7.21. The Bertz CT molecular complexity index is 848. The molecular formula is C18H25N3O5S. The molecule has 1 fully saturated rings. The van der Waals surface area contributed by atoms with E-state index in [4.69, 9.17) is 0 Å². The van der Waals surface area contributed by atoms with E-state index in [1.165, 1.54) is 19.1 Å². The van der Waals surface area contributed by atoms with Crippen molar-refractivity contribution < 1.29 is 22.8 Å². The highest BCUT2D eigenvalue weighted by Crippen LogP contribution is 2.35. The fourth-order valence-electron chi connectivity index (χ4n) is 2.85. The summed E-state index contributed by atoms with van der Waals surface area (Å²) in [5, 5.41) is 5.43. The van der Waals surface area contributed by atoms with Crippen LogP contribution in [0.3, 0.4) is 0 Å². The molecule has 0 radical (unpaired) electrons. The van der Waals surface area contributed by atoms with Crippen molar-refractivity contribution >= 4 is 33.4 Å². The van der Waals surface area contributed by atoms with Crippen LogP contribution in [0, 0.1) is 5.41 Å². The average molecular weight is 395 g/mol. The zero-order chi connectivity index (χ0) is 20.2. The standard InChI is InChI=1S/C18H25N3O5S/c1-13(22)19-9-4-5-10-20-16(23)14-7-6-8-15(11-14)21-17(24)18(2,3)12-27(21,25)26/h6-8,11H,4-5,9-10,12H2,1-3H3,(H,19,22)(H,20,23). The second-order valence-corrected chi connectivity index (χ2v) is 9.02. The van der Waals surface area contributed by atoms with Gasteiger partial charge in [0.1, 0.15) is 0 Å². The summed E-state index contributed by atoms with van der Waals surface area (Å²) in [4.78, 5) is 35.5. The maximum Gasteiger partial charge on any atom is 0.251 e. The third kappa shape index (κ3) is 5.06. The molecule has 2 N–H and O–H groups in total. The fraction of sp³-hybridized carbons (Fsp3) is 0.500. The maximum absolute atomic E-state index is 12.5. The predicted octanol–water partition coefficient (Wildman–Crippen LogP) is 1.04. The van der Waals surface area contributed by atoms with E-state index in [-0.39, 0.29) is 28.8 Å². The minimum atomic E-state index is -3.76. The molecule has 1 aromatic rings. The molecule has 0 spiro atoms. The van der Waals surface area contributed by atoms with E-state index < -0.39 is 21.3 Å². The van der Waals surface area contributed by atoms with Gasteiger partial charge in [-0.05, 0) is 44.9 Å². The average Bonchev–Trinajstić information content (AvgIpc) is 2.73. The number of anilines is 1. The molecule has 1 heterocycles. The van der Waals surface area contributed by atoms with Crippen LogP contribution in [0.4, 0.5) is 5.69 Å². The Morgan fingerprint density at radius 1 is 1.15 bits per heavy atom. The molecule has 1 aliphatic rings. The van der Waals surface area contributed by atoms with Gasteiger partial charge >= 0.3 is 0 Å². The summed E-state index contributed by atoms with van der Waals surface area (Å²) >= 11 is 0. The SMILES string of the molecule is CC(=O)NCCCCNC(=O)c1cccc(N2C(=O)C(C)(C)CS2(=O)=O)c1. The number of hydrogen-bond donors (Lipinski definition) is 2. The van der Waals surface area contributed by atoms with Gasteiger partial charge in [0, 0.05) is 25.6 Å². The molecule has 27 heavy (non-hydrogen) atoms. The lowest BCUT2D eigenvalue weighted by molar-refractivity contribution is -0.123. The summed E-state index contributed by atoms with van der Waals surface area (Å²) in [5.41, 5.74) is -0.545. The van der Waals surface area contributed by atoms with Gasteiger partial charge in [-0.2, -0.15) is 0 Å². The van der Waals surface area contributed by atoms with Gasteiger partial charge in [-0.15, -0.1) is 0 Å². The molecule has 1 aliphatic heterocycles. The van der Waals surface area contributed by atoms with Crippen molar-refractivity contribution in [1.82, 2.24) is 10.6 Å². The monoisotopic (exact) mass is 395 g/mol. The van der Waals surface area contributed by atoms with Gasteiger partial charge in [0.15, 0.2) is 0 Å². The number of nitrogens with one attached hydrogen (secondary N) is 2. The smallest absolute Gasteiger partial charge is 0.251 e. The van der Waals surface area contributed by atoms with Crippen LogP contribution >= 0.6 is 0 Å². The van der Waals surface area contributed by atoms with E-state index in [1.807, 2.05) is 0 Å². The summed E-state index contributed by atoms with van der Waals surface area (Å²) in [6, 6.07) is 6.02.